The summed E-state index contributed by atoms with van der Waals surface area (Å²) in [6.07, 6.45) is 6.89. The summed E-state index contributed by atoms with van der Waals surface area (Å²) >= 11 is 0. The first-order valence-electron chi connectivity index (χ1n) is 8.54. The summed E-state index contributed by atoms with van der Waals surface area (Å²) in [5, 5.41) is 0. The molecule has 1 aliphatic rings. The molecule has 1 aliphatic heterocycles. The normalized spacial score (nSPS) is 16.6. The molecule has 1 amide bonds. The van der Waals surface area contributed by atoms with E-state index in [1.54, 1.807) is 13.3 Å². The topological polar surface area (TPSA) is 42.4 Å². The van der Waals surface area contributed by atoms with Gasteiger partial charge in [-0.2, -0.15) is 0 Å². The van der Waals surface area contributed by atoms with Crippen LogP contribution in [0, 0.1) is 0 Å². The minimum atomic E-state index is 0.130. The lowest BCUT2D eigenvalue weighted by Gasteiger charge is -2.35. The molecular weight excluding hydrogens is 300 g/mol. The minimum absolute atomic E-state index is 0.130. The number of pyridine rings is 1. The van der Waals surface area contributed by atoms with Gasteiger partial charge in [0.1, 0.15) is 5.75 Å². The van der Waals surface area contributed by atoms with Crippen molar-refractivity contribution in [2.45, 2.75) is 38.6 Å². The Hall–Kier alpha value is -2.36. The van der Waals surface area contributed by atoms with Crippen LogP contribution in [-0.4, -0.2) is 29.4 Å². The zero-order valence-corrected chi connectivity index (χ0v) is 14.4. The van der Waals surface area contributed by atoms with Gasteiger partial charge in [0.15, 0.2) is 0 Å². The van der Waals surface area contributed by atoms with Gasteiger partial charge in [-0.1, -0.05) is 12.1 Å². The van der Waals surface area contributed by atoms with Crippen LogP contribution in [0.1, 0.15) is 42.5 Å². The number of nitrogens with zero attached hydrogens (tertiary/aromatic N) is 2. The summed E-state index contributed by atoms with van der Waals surface area (Å²) in [5.41, 5.74) is 3.72. The van der Waals surface area contributed by atoms with Gasteiger partial charge in [0.25, 0.3) is 0 Å². The molecule has 126 valence electrons. The van der Waals surface area contributed by atoms with Gasteiger partial charge in [-0.15, -0.1) is 0 Å². The molecule has 0 N–H and O–H groups in total. The summed E-state index contributed by atoms with van der Waals surface area (Å²) < 4.78 is 5.30. The van der Waals surface area contributed by atoms with Crippen molar-refractivity contribution < 1.29 is 9.53 Å². The number of aryl methyl sites for hydroxylation is 1. The van der Waals surface area contributed by atoms with Crippen LogP contribution in [0.3, 0.4) is 0 Å². The summed E-state index contributed by atoms with van der Waals surface area (Å²) in [6.45, 7) is 2.90. The van der Waals surface area contributed by atoms with Crippen molar-refractivity contribution >= 4 is 5.91 Å². The van der Waals surface area contributed by atoms with Crippen molar-refractivity contribution in [3.8, 4) is 5.75 Å². The SMILES string of the molecule is COc1ccc2c(c1)CCN(C(=O)CCCc1cccnc1)C2C. The molecular formula is C20H24N2O2. The van der Waals surface area contributed by atoms with Crippen LogP contribution in [0.15, 0.2) is 42.7 Å². The van der Waals surface area contributed by atoms with E-state index >= 15 is 0 Å². The zero-order valence-electron chi connectivity index (χ0n) is 14.4. The number of fused-ring (bicyclic) bond motifs is 1. The van der Waals surface area contributed by atoms with E-state index in [-0.39, 0.29) is 11.9 Å². The Labute approximate surface area is 143 Å². The number of rotatable bonds is 5. The maximum Gasteiger partial charge on any atom is 0.223 e. The molecule has 4 nitrogen and oxygen atoms in total. The Balaban J connectivity index is 1.59. The summed E-state index contributed by atoms with van der Waals surface area (Å²) in [6, 6.07) is 10.3. The molecule has 1 unspecified atom stereocenters. The molecule has 1 aromatic heterocycles. The highest BCUT2D eigenvalue weighted by Gasteiger charge is 2.27. The van der Waals surface area contributed by atoms with Crippen LogP contribution < -0.4 is 4.74 Å². The molecule has 0 radical (unpaired) electrons. The van der Waals surface area contributed by atoms with E-state index in [4.69, 9.17) is 4.74 Å². The van der Waals surface area contributed by atoms with Gasteiger partial charge < -0.3 is 9.64 Å². The molecule has 24 heavy (non-hydrogen) atoms. The van der Waals surface area contributed by atoms with Crippen LogP contribution in [-0.2, 0) is 17.6 Å². The highest BCUT2D eigenvalue weighted by atomic mass is 16.5. The number of hydrogen-bond donors (Lipinski definition) is 0. The second-order valence-electron chi connectivity index (χ2n) is 6.29. The number of hydrogen-bond acceptors (Lipinski definition) is 3. The lowest BCUT2D eigenvalue weighted by Crippen LogP contribution is -2.38. The van der Waals surface area contributed by atoms with E-state index in [1.807, 2.05) is 23.2 Å². The molecule has 1 atom stereocenters. The number of benzene rings is 1. The molecule has 0 fully saturated rings. The maximum absolute atomic E-state index is 12.6. The molecule has 0 saturated heterocycles. The summed E-state index contributed by atoms with van der Waals surface area (Å²) in [4.78, 5) is 18.7. The number of amides is 1. The van der Waals surface area contributed by atoms with Crippen LogP contribution in [0.25, 0.3) is 0 Å². The van der Waals surface area contributed by atoms with E-state index in [9.17, 15) is 4.79 Å². The number of ether oxygens (including phenoxy) is 1. The third kappa shape index (κ3) is 3.58. The van der Waals surface area contributed by atoms with Gasteiger partial charge in [-0.05, 0) is 61.1 Å². The quantitative estimate of drug-likeness (QED) is 0.844. The molecule has 0 bridgehead atoms. The van der Waals surface area contributed by atoms with E-state index in [0.29, 0.717) is 6.42 Å². The van der Waals surface area contributed by atoms with Crippen LogP contribution in [0.2, 0.25) is 0 Å². The van der Waals surface area contributed by atoms with Gasteiger partial charge in [-0.3, -0.25) is 9.78 Å². The predicted molar refractivity (Wildman–Crippen MR) is 94.0 cm³/mol. The van der Waals surface area contributed by atoms with Crippen molar-refractivity contribution in [1.29, 1.82) is 0 Å². The Morgan fingerprint density at radius 3 is 3.00 bits per heavy atom. The highest BCUT2D eigenvalue weighted by molar-refractivity contribution is 5.77. The third-order valence-corrected chi connectivity index (χ3v) is 4.79. The number of methoxy groups -OCH3 is 1. The second kappa shape index (κ2) is 7.47. The van der Waals surface area contributed by atoms with Gasteiger partial charge in [0, 0.05) is 25.4 Å². The van der Waals surface area contributed by atoms with Crippen molar-refractivity contribution in [3.05, 3.63) is 59.4 Å². The van der Waals surface area contributed by atoms with Crippen molar-refractivity contribution in [2.75, 3.05) is 13.7 Å². The monoisotopic (exact) mass is 324 g/mol. The zero-order chi connectivity index (χ0) is 16.9. The summed E-state index contributed by atoms with van der Waals surface area (Å²) in [7, 11) is 1.69. The lowest BCUT2D eigenvalue weighted by atomic mass is 9.93. The average molecular weight is 324 g/mol. The fraction of sp³-hybridized carbons (Fsp3) is 0.400. The Morgan fingerprint density at radius 2 is 2.25 bits per heavy atom. The Bertz CT molecular complexity index is 700. The maximum atomic E-state index is 12.6. The molecule has 0 saturated carbocycles. The number of carbonyl (C=O) groups is 1. The Kier molecular flexibility index (Phi) is 5.14. The average Bonchev–Trinajstić information content (AvgIpc) is 2.62. The fourth-order valence-electron chi connectivity index (χ4n) is 3.41. The third-order valence-electron chi connectivity index (χ3n) is 4.79. The van der Waals surface area contributed by atoms with E-state index in [0.717, 1.165) is 31.6 Å². The number of aromatic nitrogens is 1. The standard InChI is InChI=1S/C20H24N2O2/c1-15-19-9-8-18(24-2)13-17(19)10-12-22(15)20(23)7-3-5-16-6-4-11-21-14-16/h4,6,8-9,11,13-15H,3,5,7,10,12H2,1-2H3. The van der Waals surface area contributed by atoms with Crippen LogP contribution >= 0.6 is 0 Å². The molecule has 4 heteroatoms. The van der Waals surface area contributed by atoms with Gasteiger partial charge >= 0.3 is 0 Å². The highest BCUT2D eigenvalue weighted by Crippen LogP contribution is 2.32. The van der Waals surface area contributed by atoms with Gasteiger partial charge in [0.2, 0.25) is 5.91 Å². The van der Waals surface area contributed by atoms with Gasteiger partial charge in [-0.25, -0.2) is 0 Å². The summed E-state index contributed by atoms with van der Waals surface area (Å²) in [5.74, 6) is 1.13. The van der Waals surface area contributed by atoms with E-state index < -0.39 is 0 Å². The molecule has 2 aromatic rings. The molecule has 0 spiro atoms. The van der Waals surface area contributed by atoms with E-state index in [2.05, 4.69) is 30.1 Å². The molecule has 0 aliphatic carbocycles. The lowest BCUT2D eigenvalue weighted by molar-refractivity contribution is -0.133. The van der Waals surface area contributed by atoms with Crippen molar-refractivity contribution in [2.24, 2.45) is 0 Å². The van der Waals surface area contributed by atoms with Crippen LogP contribution in [0.5, 0.6) is 5.75 Å². The van der Waals surface area contributed by atoms with Crippen molar-refractivity contribution in [1.82, 2.24) is 9.88 Å². The smallest absolute Gasteiger partial charge is 0.223 e. The number of carbonyl (C=O) groups excluding carboxylic acids is 1. The molecule has 3 rings (SSSR count). The predicted octanol–water partition coefficient (Wildman–Crippen LogP) is 3.56. The fourth-order valence-corrected chi connectivity index (χ4v) is 3.41. The Morgan fingerprint density at radius 1 is 1.38 bits per heavy atom. The van der Waals surface area contributed by atoms with Gasteiger partial charge in [0.05, 0.1) is 13.2 Å². The molecule has 1 aromatic carbocycles. The largest absolute Gasteiger partial charge is 0.497 e. The van der Waals surface area contributed by atoms with Crippen LogP contribution in [0.4, 0.5) is 0 Å². The van der Waals surface area contributed by atoms with E-state index in [1.165, 1.54) is 16.7 Å². The first-order valence-corrected chi connectivity index (χ1v) is 8.54. The second-order valence-corrected chi connectivity index (χ2v) is 6.29. The first kappa shape index (κ1) is 16.5. The van der Waals surface area contributed by atoms with Crippen molar-refractivity contribution in [3.63, 3.8) is 0 Å². The minimum Gasteiger partial charge on any atom is -0.497 e. The molecule has 2 heterocycles. The first-order chi connectivity index (χ1) is 11.7.